The topological polar surface area (TPSA) is 66.4 Å². The third-order valence-electron chi connectivity index (χ3n) is 4.11. The summed E-state index contributed by atoms with van der Waals surface area (Å²) in [6.45, 7) is 2.04. The molecule has 0 aromatic heterocycles. The van der Waals surface area contributed by atoms with Gasteiger partial charge in [-0.25, -0.2) is 0 Å². The van der Waals surface area contributed by atoms with Crippen LogP contribution in [-0.4, -0.2) is 16.8 Å². The number of anilines is 1. The first-order valence-corrected chi connectivity index (χ1v) is 8.09. The lowest BCUT2D eigenvalue weighted by Gasteiger charge is -2.07. The molecule has 0 saturated carbocycles. The highest BCUT2D eigenvalue weighted by molar-refractivity contribution is 6.38. The van der Waals surface area contributed by atoms with Crippen LogP contribution in [0.4, 0.5) is 5.69 Å². The number of benzene rings is 2. The Hall–Kier alpha value is -2.88. The van der Waals surface area contributed by atoms with Crippen LogP contribution in [0.15, 0.2) is 48.5 Å². The van der Waals surface area contributed by atoms with Gasteiger partial charge in [-0.1, -0.05) is 49.7 Å². The molecule has 1 amide bonds. The molecule has 0 saturated heterocycles. The van der Waals surface area contributed by atoms with E-state index in [9.17, 15) is 14.7 Å². The van der Waals surface area contributed by atoms with Crippen molar-refractivity contribution in [2.24, 2.45) is 0 Å². The minimum Gasteiger partial charge on any atom is -0.507 e. The Morgan fingerprint density at radius 3 is 2.33 bits per heavy atom. The number of carbonyl (C=O) groups is 2. The maximum atomic E-state index is 12.5. The molecule has 24 heavy (non-hydrogen) atoms. The summed E-state index contributed by atoms with van der Waals surface area (Å²) in [7, 11) is 0. The number of hydrogen-bond donors (Lipinski definition) is 2. The van der Waals surface area contributed by atoms with Gasteiger partial charge in [-0.05, 0) is 24.1 Å². The highest BCUT2D eigenvalue weighted by atomic mass is 16.3. The van der Waals surface area contributed by atoms with Crippen molar-refractivity contribution in [2.75, 3.05) is 5.32 Å². The number of ketones is 1. The van der Waals surface area contributed by atoms with Gasteiger partial charge in [-0.2, -0.15) is 0 Å². The number of allylic oxidation sites excluding steroid dienone is 1. The van der Waals surface area contributed by atoms with E-state index in [1.165, 1.54) is 0 Å². The van der Waals surface area contributed by atoms with Gasteiger partial charge in [0, 0.05) is 23.2 Å². The minimum absolute atomic E-state index is 0.00957. The quantitative estimate of drug-likeness (QED) is 0.855. The van der Waals surface area contributed by atoms with Crippen molar-refractivity contribution in [3.05, 3.63) is 65.2 Å². The molecule has 2 aromatic rings. The molecule has 122 valence electrons. The van der Waals surface area contributed by atoms with Gasteiger partial charge in [0.05, 0.1) is 5.57 Å². The third-order valence-corrected chi connectivity index (χ3v) is 4.11. The second kappa shape index (κ2) is 6.71. The molecule has 0 radical (unpaired) electrons. The van der Waals surface area contributed by atoms with E-state index in [4.69, 9.17) is 0 Å². The lowest BCUT2D eigenvalue weighted by molar-refractivity contribution is -0.116. The van der Waals surface area contributed by atoms with Crippen molar-refractivity contribution in [1.82, 2.24) is 0 Å². The van der Waals surface area contributed by atoms with Gasteiger partial charge in [0.1, 0.15) is 5.76 Å². The van der Waals surface area contributed by atoms with E-state index in [0.29, 0.717) is 34.4 Å². The van der Waals surface area contributed by atoms with Crippen LogP contribution >= 0.6 is 0 Å². The minimum atomic E-state index is -0.178. The molecule has 0 bridgehead atoms. The number of aliphatic hydroxyl groups excluding tert-OH is 1. The van der Waals surface area contributed by atoms with E-state index < -0.39 is 0 Å². The summed E-state index contributed by atoms with van der Waals surface area (Å²) in [5.41, 5.74) is 2.71. The van der Waals surface area contributed by atoms with Gasteiger partial charge in [0.15, 0.2) is 5.78 Å². The Kier molecular flexibility index (Phi) is 4.47. The van der Waals surface area contributed by atoms with Crippen molar-refractivity contribution < 1.29 is 14.7 Å². The van der Waals surface area contributed by atoms with Gasteiger partial charge in [-0.15, -0.1) is 0 Å². The van der Waals surface area contributed by atoms with Crippen molar-refractivity contribution in [2.45, 2.75) is 26.2 Å². The molecular weight excluding hydrogens is 302 g/mol. The average molecular weight is 321 g/mol. The van der Waals surface area contributed by atoms with Gasteiger partial charge in [-0.3, -0.25) is 9.59 Å². The monoisotopic (exact) mass is 321 g/mol. The fourth-order valence-corrected chi connectivity index (χ4v) is 2.81. The van der Waals surface area contributed by atoms with Crippen LogP contribution in [0.3, 0.4) is 0 Å². The SMILES string of the molecule is CCCCC(=O)Nc1ccc(C2=C(O)c3ccccc3C2=O)cc1. The highest BCUT2D eigenvalue weighted by Gasteiger charge is 2.30. The zero-order valence-electron chi connectivity index (χ0n) is 13.5. The Labute approximate surface area is 140 Å². The summed E-state index contributed by atoms with van der Waals surface area (Å²) in [6.07, 6.45) is 2.33. The predicted molar refractivity (Wildman–Crippen MR) is 94.8 cm³/mol. The first kappa shape index (κ1) is 16.0. The average Bonchev–Trinajstić information content (AvgIpc) is 2.85. The van der Waals surface area contributed by atoms with Crippen molar-refractivity contribution in [1.29, 1.82) is 0 Å². The number of rotatable bonds is 5. The largest absolute Gasteiger partial charge is 0.507 e. The van der Waals surface area contributed by atoms with Crippen LogP contribution < -0.4 is 5.32 Å². The lowest BCUT2D eigenvalue weighted by atomic mass is 10.0. The first-order chi connectivity index (χ1) is 11.6. The standard InChI is InChI=1S/C20H19NO3/c1-2-3-8-17(22)21-14-11-9-13(10-12-14)18-19(23)15-6-4-5-7-16(15)20(18)24/h4-7,9-12,23H,2-3,8H2,1H3,(H,21,22). The summed E-state index contributed by atoms with van der Waals surface area (Å²) in [5, 5.41) is 13.2. The molecule has 0 atom stereocenters. The molecule has 3 rings (SSSR count). The molecule has 1 aliphatic rings. The summed E-state index contributed by atoms with van der Waals surface area (Å²) in [4.78, 5) is 24.3. The number of unbranched alkanes of at least 4 members (excludes halogenated alkanes) is 1. The van der Waals surface area contributed by atoms with Crippen molar-refractivity contribution in [3.63, 3.8) is 0 Å². The van der Waals surface area contributed by atoms with Crippen LogP contribution in [0.1, 0.15) is 47.7 Å². The Morgan fingerprint density at radius 1 is 1.04 bits per heavy atom. The van der Waals surface area contributed by atoms with Gasteiger partial charge in [0.25, 0.3) is 0 Å². The number of amides is 1. The smallest absolute Gasteiger partial charge is 0.224 e. The molecule has 0 heterocycles. The van der Waals surface area contributed by atoms with Crippen molar-refractivity contribution >= 4 is 28.7 Å². The zero-order valence-corrected chi connectivity index (χ0v) is 13.5. The van der Waals surface area contributed by atoms with Crippen molar-refractivity contribution in [3.8, 4) is 0 Å². The Morgan fingerprint density at radius 2 is 1.71 bits per heavy atom. The number of nitrogens with one attached hydrogen (secondary N) is 1. The normalized spacial score (nSPS) is 13.1. The molecule has 4 nitrogen and oxygen atoms in total. The molecule has 0 spiro atoms. The fraction of sp³-hybridized carbons (Fsp3) is 0.200. The molecule has 2 N–H and O–H groups in total. The van der Waals surface area contributed by atoms with Gasteiger partial charge < -0.3 is 10.4 Å². The fourth-order valence-electron chi connectivity index (χ4n) is 2.81. The summed E-state index contributed by atoms with van der Waals surface area (Å²) in [5.74, 6) is -0.186. The van der Waals surface area contributed by atoms with E-state index in [1.54, 1.807) is 48.5 Å². The van der Waals surface area contributed by atoms with E-state index in [0.717, 1.165) is 12.8 Å². The second-order valence-electron chi connectivity index (χ2n) is 5.83. The molecule has 2 aromatic carbocycles. The van der Waals surface area contributed by atoms with Gasteiger partial charge >= 0.3 is 0 Å². The maximum absolute atomic E-state index is 12.5. The molecule has 1 aliphatic carbocycles. The van der Waals surface area contributed by atoms with Crippen LogP contribution in [0.5, 0.6) is 0 Å². The highest BCUT2D eigenvalue weighted by Crippen LogP contribution is 2.36. The Bertz CT molecular complexity index is 819. The van der Waals surface area contributed by atoms with Crippen LogP contribution in [-0.2, 0) is 4.79 Å². The van der Waals surface area contributed by atoms with E-state index in [-0.39, 0.29) is 17.4 Å². The van der Waals surface area contributed by atoms with E-state index in [2.05, 4.69) is 5.32 Å². The summed E-state index contributed by atoms with van der Waals surface area (Å²) in [6, 6.07) is 14.0. The Balaban J connectivity index is 1.81. The maximum Gasteiger partial charge on any atom is 0.224 e. The van der Waals surface area contributed by atoms with Crippen LogP contribution in [0.2, 0.25) is 0 Å². The van der Waals surface area contributed by atoms with E-state index >= 15 is 0 Å². The first-order valence-electron chi connectivity index (χ1n) is 8.09. The molecule has 4 heteroatoms. The molecule has 0 aliphatic heterocycles. The van der Waals surface area contributed by atoms with Gasteiger partial charge in [0.2, 0.25) is 5.91 Å². The lowest BCUT2D eigenvalue weighted by Crippen LogP contribution is -2.10. The number of Topliss-reactive ketones (excluding diaryl/α,β-unsaturated/α-hetero) is 1. The number of carbonyl (C=O) groups excluding carboxylic acids is 2. The zero-order chi connectivity index (χ0) is 17.1. The third kappa shape index (κ3) is 2.95. The second-order valence-corrected chi connectivity index (χ2v) is 5.83. The number of aliphatic hydroxyl groups is 1. The number of fused-ring (bicyclic) bond motifs is 1. The number of hydrogen-bond acceptors (Lipinski definition) is 3. The molecule has 0 fully saturated rings. The summed E-state index contributed by atoms with van der Waals surface area (Å²) >= 11 is 0. The van der Waals surface area contributed by atoms with Crippen LogP contribution in [0, 0.1) is 0 Å². The van der Waals surface area contributed by atoms with E-state index in [1.807, 2.05) is 6.92 Å². The van der Waals surface area contributed by atoms with Crippen LogP contribution in [0.25, 0.3) is 11.3 Å². The summed E-state index contributed by atoms with van der Waals surface area (Å²) < 4.78 is 0. The molecule has 0 unspecified atom stereocenters. The molecular formula is C20H19NO3. The predicted octanol–water partition coefficient (Wildman–Crippen LogP) is 4.44.